The Morgan fingerprint density at radius 3 is 2.14 bits per heavy atom. The van der Waals surface area contributed by atoms with E-state index >= 15 is 0 Å². The number of hydrogen-bond acceptors (Lipinski definition) is 5. The second-order valence-electron chi connectivity index (χ2n) is 8.14. The maximum absolute atomic E-state index is 13.4. The minimum atomic E-state index is -3.73. The first-order chi connectivity index (χ1) is 13.2. The standard InChI is InChI=1S/C22H30O5S/c1-5-16-11-15(3)12-17(6-2)20(16)21-18(23)13-22(7-9-26-10-8-22)14-19(21)27-28(4,24)25/h11-12H,5-10,13-14H2,1-4H3. The van der Waals surface area contributed by atoms with Gasteiger partial charge in [0.05, 0.1) is 11.8 Å². The summed E-state index contributed by atoms with van der Waals surface area (Å²) >= 11 is 0. The molecule has 3 rings (SSSR count). The second kappa shape index (κ2) is 7.99. The van der Waals surface area contributed by atoms with E-state index in [0.717, 1.165) is 54.2 Å². The number of aryl methyl sites for hydroxylation is 3. The van der Waals surface area contributed by atoms with Gasteiger partial charge in [0.1, 0.15) is 5.76 Å². The van der Waals surface area contributed by atoms with Gasteiger partial charge in [-0.1, -0.05) is 31.5 Å². The number of rotatable bonds is 5. The van der Waals surface area contributed by atoms with Crippen molar-refractivity contribution in [3.8, 4) is 0 Å². The van der Waals surface area contributed by atoms with Crippen molar-refractivity contribution in [1.82, 2.24) is 0 Å². The number of ketones is 1. The van der Waals surface area contributed by atoms with Crippen LogP contribution in [0.4, 0.5) is 0 Å². The normalized spacial score (nSPS) is 19.9. The first-order valence-corrected chi connectivity index (χ1v) is 11.9. The van der Waals surface area contributed by atoms with Crippen molar-refractivity contribution in [2.75, 3.05) is 19.5 Å². The lowest BCUT2D eigenvalue weighted by Gasteiger charge is -2.40. The van der Waals surface area contributed by atoms with Gasteiger partial charge in [0, 0.05) is 26.1 Å². The Kier molecular flexibility index (Phi) is 6.01. The Morgan fingerprint density at radius 2 is 1.64 bits per heavy atom. The van der Waals surface area contributed by atoms with Crippen molar-refractivity contribution >= 4 is 21.5 Å². The average Bonchev–Trinajstić information content (AvgIpc) is 2.61. The van der Waals surface area contributed by atoms with Gasteiger partial charge in [-0.2, -0.15) is 8.42 Å². The zero-order valence-corrected chi connectivity index (χ0v) is 18.1. The maximum Gasteiger partial charge on any atom is 0.305 e. The number of Topliss-reactive ketones (excluding diaryl/α,β-unsaturated/α-hetero) is 1. The molecule has 0 aromatic heterocycles. The molecule has 0 atom stereocenters. The molecule has 0 saturated carbocycles. The molecule has 1 spiro atoms. The lowest BCUT2D eigenvalue weighted by molar-refractivity contribution is -0.118. The molecule has 1 aromatic rings. The molecule has 0 unspecified atom stereocenters. The van der Waals surface area contributed by atoms with Crippen molar-refractivity contribution < 1.29 is 22.1 Å². The molecule has 0 N–H and O–H groups in total. The summed E-state index contributed by atoms with van der Waals surface area (Å²) in [4.78, 5) is 13.4. The Morgan fingerprint density at radius 1 is 1.07 bits per heavy atom. The fourth-order valence-corrected chi connectivity index (χ4v) is 5.10. The quantitative estimate of drug-likeness (QED) is 0.692. The predicted molar refractivity (Wildman–Crippen MR) is 110 cm³/mol. The first kappa shape index (κ1) is 21.1. The number of allylic oxidation sites excluding steroid dienone is 2. The van der Waals surface area contributed by atoms with Gasteiger partial charge in [-0.25, -0.2) is 0 Å². The molecule has 0 radical (unpaired) electrons. The maximum atomic E-state index is 13.4. The van der Waals surface area contributed by atoms with E-state index in [1.54, 1.807) is 0 Å². The summed E-state index contributed by atoms with van der Waals surface area (Å²) in [5.41, 5.74) is 4.36. The molecule has 1 aliphatic carbocycles. The summed E-state index contributed by atoms with van der Waals surface area (Å²) in [5, 5.41) is 0. The Labute approximate surface area is 168 Å². The van der Waals surface area contributed by atoms with Gasteiger partial charge in [0.15, 0.2) is 5.78 Å². The summed E-state index contributed by atoms with van der Waals surface area (Å²) in [6.45, 7) is 7.36. The minimum Gasteiger partial charge on any atom is -0.386 e. The van der Waals surface area contributed by atoms with Crippen LogP contribution in [0.15, 0.2) is 17.9 Å². The lowest BCUT2D eigenvalue weighted by Crippen LogP contribution is -2.37. The van der Waals surface area contributed by atoms with Crippen LogP contribution in [-0.2, 0) is 36.7 Å². The molecule has 1 aliphatic heterocycles. The van der Waals surface area contributed by atoms with E-state index < -0.39 is 10.1 Å². The Bertz CT molecular complexity index is 880. The molecule has 6 heteroatoms. The number of hydrogen-bond donors (Lipinski definition) is 0. The summed E-state index contributed by atoms with van der Waals surface area (Å²) < 4.78 is 35.0. The minimum absolute atomic E-state index is 0.0138. The summed E-state index contributed by atoms with van der Waals surface area (Å²) in [6.07, 6.45) is 4.96. The predicted octanol–water partition coefficient (Wildman–Crippen LogP) is 3.97. The molecule has 1 heterocycles. The monoisotopic (exact) mass is 406 g/mol. The van der Waals surface area contributed by atoms with E-state index in [1.807, 2.05) is 6.92 Å². The van der Waals surface area contributed by atoms with Crippen molar-refractivity contribution in [1.29, 1.82) is 0 Å². The number of ether oxygens (including phenoxy) is 1. The smallest absolute Gasteiger partial charge is 0.305 e. The van der Waals surface area contributed by atoms with E-state index in [1.165, 1.54) is 0 Å². The van der Waals surface area contributed by atoms with Gasteiger partial charge >= 0.3 is 10.1 Å². The highest BCUT2D eigenvalue weighted by atomic mass is 32.2. The third-order valence-electron chi connectivity index (χ3n) is 5.89. The van der Waals surface area contributed by atoms with E-state index in [0.29, 0.717) is 37.4 Å². The summed E-state index contributed by atoms with van der Waals surface area (Å²) in [7, 11) is -3.73. The van der Waals surface area contributed by atoms with Crippen LogP contribution in [0.2, 0.25) is 0 Å². The molecule has 1 aromatic carbocycles. The SMILES string of the molecule is CCc1cc(C)cc(CC)c1C1=C(OS(C)(=O)=O)CC2(CCOCC2)CC1=O. The highest BCUT2D eigenvalue weighted by molar-refractivity contribution is 7.86. The first-order valence-electron chi connectivity index (χ1n) is 10.0. The highest BCUT2D eigenvalue weighted by Gasteiger charge is 2.43. The molecular formula is C22H30O5S. The average molecular weight is 407 g/mol. The third-order valence-corrected chi connectivity index (χ3v) is 6.40. The van der Waals surface area contributed by atoms with Gasteiger partial charge in [-0.15, -0.1) is 0 Å². The van der Waals surface area contributed by atoms with E-state index in [-0.39, 0.29) is 11.2 Å². The van der Waals surface area contributed by atoms with Crippen LogP contribution in [0, 0.1) is 12.3 Å². The van der Waals surface area contributed by atoms with Gasteiger partial charge in [-0.05, 0) is 54.7 Å². The molecule has 1 fully saturated rings. The molecule has 154 valence electrons. The zero-order valence-electron chi connectivity index (χ0n) is 17.3. The van der Waals surface area contributed by atoms with Gasteiger partial charge in [0.2, 0.25) is 0 Å². The summed E-state index contributed by atoms with van der Waals surface area (Å²) in [5.74, 6) is 0.300. The molecular weight excluding hydrogens is 376 g/mol. The Hall–Kier alpha value is -1.66. The van der Waals surface area contributed by atoms with Crippen LogP contribution in [0.1, 0.15) is 61.8 Å². The topological polar surface area (TPSA) is 69.7 Å². The molecule has 2 aliphatic rings. The van der Waals surface area contributed by atoms with Crippen LogP contribution < -0.4 is 0 Å². The molecule has 28 heavy (non-hydrogen) atoms. The molecule has 1 saturated heterocycles. The fraction of sp³-hybridized carbons (Fsp3) is 0.591. The van der Waals surface area contributed by atoms with Crippen LogP contribution in [0.3, 0.4) is 0 Å². The van der Waals surface area contributed by atoms with E-state index in [2.05, 4.69) is 26.0 Å². The second-order valence-corrected chi connectivity index (χ2v) is 9.71. The summed E-state index contributed by atoms with van der Waals surface area (Å²) in [6, 6.07) is 4.18. The zero-order chi connectivity index (χ0) is 20.5. The number of carbonyl (C=O) groups is 1. The lowest BCUT2D eigenvalue weighted by atomic mass is 9.67. The van der Waals surface area contributed by atoms with Crippen LogP contribution in [0.5, 0.6) is 0 Å². The molecule has 5 nitrogen and oxygen atoms in total. The molecule has 0 bridgehead atoms. The largest absolute Gasteiger partial charge is 0.386 e. The third kappa shape index (κ3) is 4.33. The van der Waals surface area contributed by atoms with Gasteiger partial charge in [0.25, 0.3) is 0 Å². The number of carbonyl (C=O) groups excluding carboxylic acids is 1. The van der Waals surface area contributed by atoms with Crippen LogP contribution >= 0.6 is 0 Å². The van der Waals surface area contributed by atoms with Crippen LogP contribution in [0.25, 0.3) is 5.57 Å². The van der Waals surface area contributed by atoms with E-state index in [9.17, 15) is 13.2 Å². The van der Waals surface area contributed by atoms with Gasteiger partial charge in [-0.3, -0.25) is 4.79 Å². The van der Waals surface area contributed by atoms with Crippen molar-refractivity contribution in [3.63, 3.8) is 0 Å². The van der Waals surface area contributed by atoms with Crippen molar-refractivity contribution in [2.45, 2.75) is 59.3 Å². The van der Waals surface area contributed by atoms with Crippen molar-refractivity contribution in [2.24, 2.45) is 5.41 Å². The van der Waals surface area contributed by atoms with Crippen LogP contribution in [-0.4, -0.2) is 33.7 Å². The Balaban J connectivity index is 2.22. The van der Waals surface area contributed by atoms with Crippen molar-refractivity contribution in [3.05, 3.63) is 40.1 Å². The fourth-order valence-electron chi connectivity index (χ4n) is 4.59. The van der Waals surface area contributed by atoms with Gasteiger partial charge < -0.3 is 8.92 Å². The highest BCUT2D eigenvalue weighted by Crippen LogP contribution is 2.48. The molecule has 0 amide bonds. The van der Waals surface area contributed by atoms with E-state index in [4.69, 9.17) is 8.92 Å². The number of benzene rings is 1.